The second-order valence-electron chi connectivity index (χ2n) is 4.51. The average Bonchev–Trinajstić information content (AvgIpc) is 2.87. The summed E-state index contributed by atoms with van der Waals surface area (Å²) in [6.07, 6.45) is 5.97. The average molecular weight is 242 g/mol. The van der Waals surface area contributed by atoms with E-state index in [-0.39, 0.29) is 0 Å². The van der Waals surface area contributed by atoms with Crippen molar-refractivity contribution in [2.45, 2.75) is 25.7 Å². The molecular weight excluding hydrogens is 228 g/mol. The number of carbonyl (C=O) groups is 1. The first-order valence-electron chi connectivity index (χ1n) is 6.04. The second kappa shape index (κ2) is 4.46. The van der Waals surface area contributed by atoms with Gasteiger partial charge in [-0.15, -0.1) is 11.3 Å². The fraction of sp³-hybridized carbons (Fsp3) is 0.267. The highest BCUT2D eigenvalue weighted by Crippen LogP contribution is 2.31. The smallest absolute Gasteiger partial charge is 0.160 e. The molecule has 1 aliphatic rings. The maximum Gasteiger partial charge on any atom is 0.160 e. The topological polar surface area (TPSA) is 17.1 Å². The highest BCUT2D eigenvalue weighted by molar-refractivity contribution is 7.17. The lowest BCUT2D eigenvalue weighted by Gasteiger charge is -2.16. The molecule has 2 aromatic rings. The van der Waals surface area contributed by atoms with Crippen molar-refractivity contribution in [1.82, 2.24) is 0 Å². The van der Waals surface area contributed by atoms with E-state index in [0.29, 0.717) is 0 Å². The SMILES string of the molecule is O=Cc1ccc(-c2ccc3c(c2)CCCC3)s1. The first kappa shape index (κ1) is 10.7. The molecule has 17 heavy (non-hydrogen) atoms. The molecular formula is C15H14OS. The van der Waals surface area contributed by atoms with Crippen LogP contribution in [0, 0.1) is 0 Å². The van der Waals surface area contributed by atoms with E-state index in [9.17, 15) is 4.79 Å². The third-order valence-electron chi connectivity index (χ3n) is 3.38. The van der Waals surface area contributed by atoms with E-state index >= 15 is 0 Å². The maximum atomic E-state index is 10.7. The van der Waals surface area contributed by atoms with Crippen LogP contribution in [-0.2, 0) is 12.8 Å². The number of thiophene rings is 1. The molecule has 0 N–H and O–H groups in total. The predicted molar refractivity (Wildman–Crippen MR) is 71.8 cm³/mol. The van der Waals surface area contributed by atoms with E-state index < -0.39 is 0 Å². The summed E-state index contributed by atoms with van der Waals surface area (Å²) in [4.78, 5) is 12.7. The molecule has 0 radical (unpaired) electrons. The zero-order chi connectivity index (χ0) is 11.7. The molecule has 86 valence electrons. The molecule has 1 aliphatic carbocycles. The Kier molecular flexibility index (Phi) is 2.81. The molecule has 1 aromatic heterocycles. The van der Waals surface area contributed by atoms with Gasteiger partial charge in [-0.1, -0.05) is 18.2 Å². The Morgan fingerprint density at radius 1 is 1.00 bits per heavy atom. The van der Waals surface area contributed by atoms with Crippen LogP contribution in [0.1, 0.15) is 33.6 Å². The van der Waals surface area contributed by atoms with Gasteiger partial charge in [0.05, 0.1) is 4.88 Å². The van der Waals surface area contributed by atoms with Gasteiger partial charge in [-0.3, -0.25) is 4.79 Å². The Morgan fingerprint density at radius 2 is 1.82 bits per heavy atom. The molecule has 0 fully saturated rings. The minimum atomic E-state index is 0.803. The van der Waals surface area contributed by atoms with E-state index in [2.05, 4.69) is 18.2 Å². The van der Waals surface area contributed by atoms with Crippen molar-refractivity contribution in [1.29, 1.82) is 0 Å². The van der Waals surface area contributed by atoms with Crippen LogP contribution < -0.4 is 0 Å². The van der Waals surface area contributed by atoms with Crippen molar-refractivity contribution in [2.75, 3.05) is 0 Å². The minimum absolute atomic E-state index is 0.803. The number of hydrogen-bond acceptors (Lipinski definition) is 2. The maximum absolute atomic E-state index is 10.7. The molecule has 0 spiro atoms. The lowest BCUT2D eigenvalue weighted by Crippen LogP contribution is -2.01. The molecule has 0 aliphatic heterocycles. The third-order valence-corrected chi connectivity index (χ3v) is 4.44. The van der Waals surface area contributed by atoms with E-state index in [0.717, 1.165) is 11.2 Å². The van der Waals surface area contributed by atoms with Gasteiger partial charge in [0.2, 0.25) is 0 Å². The number of benzene rings is 1. The van der Waals surface area contributed by atoms with Gasteiger partial charge in [-0.25, -0.2) is 0 Å². The highest BCUT2D eigenvalue weighted by atomic mass is 32.1. The monoisotopic (exact) mass is 242 g/mol. The van der Waals surface area contributed by atoms with Crippen molar-refractivity contribution < 1.29 is 4.79 Å². The van der Waals surface area contributed by atoms with Gasteiger partial charge >= 0.3 is 0 Å². The van der Waals surface area contributed by atoms with E-state index in [1.165, 1.54) is 47.3 Å². The quantitative estimate of drug-likeness (QED) is 0.724. The van der Waals surface area contributed by atoms with Crippen LogP contribution >= 0.6 is 11.3 Å². The van der Waals surface area contributed by atoms with Gasteiger partial charge in [-0.05, 0) is 54.5 Å². The first-order valence-corrected chi connectivity index (χ1v) is 6.85. The Hall–Kier alpha value is -1.41. The van der Waals surface area contributed by atoms with Crippen molar-refractivity contribution in [3.63, 3.8) is 0 Å². The molecule has 0 saturated heterocycles. The number of hydrogen-bond donors (Lipinski definition) is 0. The zero-order valence-corrected chi connectivity index (χ0v) is 10.4. The molecule has 0 unspecified atom stereocenters. The summed E-state index contributed by atoms with van der Waals surface area (Å²) in [5.74, 6) is 0. The minimum Gasteiger partial charge on any atom is -0.297 e. The predicted octanol–water partition coefficient (Wildman–Crippen LogP) is 4.11. The number of aldehydes is 1. The van der Waals surface area contributed by atoms with Crippen LogP contribution in [0.5, 0.6) is 0 Å². The van der Waals surface area contributed by atoms with Crippen molar-refractivity contribution in [2.24, 2.45) is 0 Å². The normalized spacial score (nSPS) is 14.4. The van der Waals surface area contributed by atoms with Crippen LogP contribution in [0.2, 0.25) is 0 Å². The van der Waals surface area contributed by atoms with E-state index in [4.69, 9.17) is 0 Å². The van der Waals surface area contributed by atoms with Crippen LogP contribution in [-0.4, -0.2) is 6.29 Å². The fourth-order valence-electron chi connectivity index (χ4n) is 2.46. The molecule has 0 atom stereocenters. The summed E-state index contributed by atoms with van der Waals surface area (Å²) < 4.78 is 0. The Labute approximate surface area is 105 Å². The largest absolute Gasteiger partial charge is 0.297 e. The van der Waals surface area contributed by atoms with Crippen LogP contribution in [0.4, 0.5) is 0 Å². The fourth-order valence-corrected chi connectivity index (χ4v) is 3.28. The molecule has 1 nitrogen and oxygen atoms in total. The van der Waals surface area contributed by atoms with Crippen LogP contribution in [0.3, 0.4) is 0 Å². The number of aryl methyl sites for hydroxylation is 2. The standard InChI is InChI=1S/C15H14OS/c16-10-14-7-8-15(17-14)13-6-5-11-3-1-2-4-12(11)9-13/h5-10H,1-4H2. The van der Waals surface area contributed by atoms with Crippen molar-refractivity contribution in [3.8, 4) is 10.4 Å². The summed E-state index contributed by atoms with van der Waals surface area (Å²) in [5, 5.41) is 0. The van der Waals surface area contributed by atoms with Crippen LogP contribution in [0.25, 0.3) is 10.4 Å². The van der Waals surface area contributed by atoms with Crippen LogP contribution in [0.15, 0.2) is 30.3 Å². The molecule has 0 bridgehead atoms. The summed E-state index contributed by atoms with van der Waals surface area (Å²) in [6, 6.07) is 10.7. The molecule has 1 aromatic carbocycles. The Balaban J connectivity index is 2.00. The van der Waals surface area contributed by atoms with Gasteiger partial charge in [0.15, 0.2) is 6.29 Å². The third kappa shape index (κ3) is 2.05. The molecule has 0 amide bonds. The Bertz CT molecular complexity index is 554. The van der Waals surface area contributed by atoms with E-state index in [1.807, 2.05) is 12.1 Å². The number of rotatable bonds is 2. The molecule has 3 rings (SSSR count). The second-order valence-corrected chi connectivity index (χ2v) is 5.63. The summed E-state index contributed by atoms with van der Waals surface area (Å²) in [7, 11) is 0. The lowest BCUT2D eigenvalue weighted by molar-refractivity contribution is 0.112. The van der Waals surface area contributed by atoms with Crippen molar-refractivity contribution >= 4 is 17.6 Å². The van der Waals surface area contributed by atoms with Gasteiger partial charge in [0, 0.05) is 4.88 Å². The number of carbonyl (C=O) groups excluding carboxylic acids is 1. The summed E-state index contributed by atoms with van der Waals surface area (Å²) >= 11 is 1.57. The molecule has 0 saturated carbocycles. The van der Waals surface area contributed by atoms with Gasteiger partial charge in [-0.2, -0.15) is 0 Å². The van der Waals surface area contributed by atoms with Crippen molar-refractivity contribution in [3.05, 3.63) is 46.3 Å². The van der Waals surface area contributed by atoms with Gasteiger partial charge in [0.25, 0.3) is 0 Å². The lowest BCUT2D eigenvalue weighted by atomic mass is 9.90. The van der Waals surface area contributed by atoms with E-state index in [1.54, 1.807) is 11.3 Å². The highest BCUT2D eigenvalue weighted by Gasteiger charge is 2.10. The number of fused-ring (bicyclic) bond motifs is 1. The molecule has 2 heteroatoms. The Morgan fingerprint density at radius 3 is 2.59 bits per heavy atom. The van der Waals surface area contributed by atoms with Gasteiger partial charge < -0.3 is 0 Å². The first-order chi connectivity index (χ1) is 8.36. The summed E-state index contributed by atoms with van der Waals surface area (Å²) in [5.41, 5.74) is 4.26. The molecule has 1 heterocycles. The summed E-state index contributed by atoms with van der Waals surface area (Å²) in [6.45, 7) is 0. The zero-order valence-electron chi connectivity index (χ0n) is 9.61. The van der Waals surface area contributed by atoms with Gasteiger partial charge in [0.1, 0.15) is 0 Å².